The number of benzene rings is 1. The fourth-order valence-corrected chi connectivity index (χ4v) is 3.75. The predicted molar refractivity (Wildman–Crippen MR) is 104 cm³/mol. The maximum Gasteiger partial charge on any atom is 0.266 e. The highest BCUT2D eigenvalue weighted by Crippen LogP contribution is 2.30. The molecule has 2 heterocycles. The Balaban J connectivity index is 1.90. The first-order valence-electron chi connectivity index (χ1n) is 8.68. The highest BCUT2D eigenvalue weighted by Gasteiger charge is 2.26. The minimum absolute atomic E-state index is 0.00393. The van der Waals surface area contributed by atoms with E-state index >= 15 is 0 Å². The standard InChI is InChI=1S/C21H24N2O2S/c1-15-18(26-20(22-15)21(2,3)4)19(24)23(14-17-11-8-12-25-17)13-16-9-6-5-7-10-16/h5-12H,13-14H2,1-4H3. The summed E-state index contributed by atoms with van der Waals surface area (Å²) in [5, 5.41) is 0.982. The van der Waals surface area contributed by atoms with Crippen LogP contribution in [0.25, 0.3) is 0 Å². The van der Waals surface area contributed by atoms with Crippen LogP contribution >= 0.6 is 11.3 Å². The van der Waals surface area contributed by atoms with Gasteiger partial charge in [0.15, 0.2) is 0 Å². The zero-order valence-electron chi connectivity index (χ0n) is 15.7. The molecule has 0 spiro atoms. The van der Waals surface area contributed by atoms with Crippen molar-refractivity contribution in [3.8, 4) is 0 Å². The van der Waals surface area contributed by atoms with Crippen molar-refractivity contribution in [2.75, 3.05) is 0 Å². The molecular weight excluding hydrogens is 344 g/mol. The van der Waals surface area contributed by atoms with Gasteiger partial charge in [0, 0.05) is 12.0 Å². The van der Waals surface area contributed by atoms with Crippen LogP contribution in [0.15, 0.2) is 53.1 Å². The number of hydrogen-bond acceptors (Lipinski definition) is 4. The van der Waals surface area contributed by atoms with Gasteiger partial charge >= 0.3 is 0 Å². The van der Waals surface area contributed by atoms with Gasteiger partial charge in [0.25, 0.3) is 5.91 Å². The highest BCUT2D eigenvalue weighted by atomic mass is 32.1. The maximum atomic E-state index is 13.3. The Morgan fingerprint density at radius 1 is 1.12 bits per heavy atom. The summed E-state index contributed by atoms with van der Waals surface area (Å²) >= 11 is 1.49. The normalized spacial score (nSPS) is 11.5. The molecule has 0 radical (unpaired) electrons. The second-order valence-corrected chi connectivity index (χ2v) is 8.41. The van der Waals surface area contributed by atoms with Crippen molar-refractivity contribution in [3.05, 3.63) is 75.6 Å². The molecule has 4 nitrogen and oxygen atoms in total. The molecule has 0 aliphatic rings. The topological polar surface area (TPSA) is 46.3 Å². The first-order valence-corrected chi connectivity index (χ1v) is 9.50. The predicted octanol–water partition coefficient (Wildman–Crippen LogP) is 5.18. The molecule has 0 saturated carbocycles. The number of carbonyl (C=O) groups excluding carboxylic acids is 1. The molecule has 0 atom stereocenters. The molecule has 3 rings (SSSR count). The van der Waals surface area contributed by atoms with Crippen LogP contribution in [-0.2, 0) is 18.5 Å². The first kappa shape index (κ1) is 18.4. The minimum Gasteiger partial charge on any atom is -0.467 e. The molecule has 3 aromatic rings. The van der Waals surface area contributed by atoms with E-state index in [-0.39, 0.29) is 11.3 Å². The van der Waals surface area contributed by atoms with Crippen molar-refractivity contribution in [1.82, 2.24) is 9.88 Å². The third-order valence-electron chi connectivity index (χ3n) is 4.06. The average molecular weight is 369 g/mol. The summed E-state index contributed by atoms with van der Waals surface area (Å²) in [5.74, 6) is 0.767. The molecule has 0 unspecified atom stereocenters. The van der Waals surface area contributed by atoms with Crippen molar-refractivity contribution >= 4 is 17.2 Å². The van der Waals surface area contributed by atoms with Gasteiger partial charge in [-0.25, -0.2) is 4.98 Å². The number of furan rings is 1. The van der Waals surface area contributed by atoms with E-state index in [4.69, 9.17) is 4.42 Å². The van der Waals surface area contributed by atoms with E-state index in [0.717, 1.165) is 22.0 Å². The Labute approximate surface area is 158 Å². The zero-order chi connectivity index (χ0) is 18.7. The Morgan fingerprint density at radius 2 is 1.85 bits per heavy atom. The molecule has 0 saturated heterocycles. The fourth-order valence-electron chi connectivity index (χ4n) is 2.65. The molecule has 136 valence electrons. The van der Waals surface area contributed by atoms with Crippen molar-refractivity contribution in [1.29, 1.82) is 0 Å². The van der Waals surface area contributed by atoms with Crippen LogP contribution in [0.3, 0.4) is 0 Å². The first-order chi connectivity index (χ1) is 12.3. The van der Waals surface area contributed by atoms with Crippen molar-refractivity contribution < 1.29 is 9.21 Å². The Hall–Kier alpha value is -2.40. The third-order valence-corrected chi connectivity index (χ3v) is 5.63. The van der Waals surface area contributed by atoms with Crippen molar-refractivity contribution in [2.24, 2.45) is 0 Å². The Bertz CT molecular complexity index is 861. The molecular formula is C21H24N2O2S. The molecule has 0 fully saturated rings. The molecule has 0 aliphatic carbocycles. The molecule has 0 bridgehead atoms. The second-order valence-electron chi connectivity index (χ2n) is 7.41. The fraction of sp³-hybridized carbons (Fsp3) is 0.333. The number of aryl methyl sites for hydroxylation is 1. The lowest BCUT2D eigenvalue weighted by Gasteiger charge is -2.21. The van der Waals surface area contributed by atoms with Gasteiger partial charge in [-0.2, -0.15) is 0 Å². The summed E-state index contributed by atoms with van der Waals surface area (Å²) in [7, 11) is 0. The van der Waals surface area contributed by atoms with Crippen LogP contribution in [0, 0.1) is 6.92 Å². The van der Waals surface area contributed by atoms with Gasteiger partial charge < -0.3 is 9.32 Å². The lowest BCUT2D eigenvalue weighted by atomic mass is 9.98. The van der Waals surface area contributed by atoms with E-state index in [1.165, 1.54) is 11.3 Å². The number of carbonyl (C=O) groups is 1. The average Bonchev–Trinajstić information content (AvgIpc) is 3.24. The van der Waals surface area contributed by atoms with Gasteiger partial charge in [0.2, 0.25) is 0 Å². The van der Waals surface area contributed by atoms with E-state index in [1.54, 1.807) is 6.26 Å². The van der Waals surface area contributed by atoms with Crippen LogP contribution < -0.4 is 0 Å². The van der Waals surface area contributed by atoms with E-state index in [2.05, 4.69) is 25.8 Å². The Kier molecular flexibility index (Phi) is 5.28. The minimum atomic E-state index is -0.0702. The second kappa shape index (κ2) is 7.46. The van der Waals surface area contributed by atoms with Gasteiger partial charge in [0.05, 0.1) is 23.5 Å². The van der Waals surface area contributed by atoms with Gasteiger partial charge in [0.1, 0.15) is 10.6 Å². The molecule has 5 heteroatoms. The smallest absolute Gasteiger partial charge is 0.266 e. The van der Waals surface area contributed by atoms with E-state index in [0.29, 0.717) is 18.0 Å². The van der Waals surface area contributed by atoms with Crippen LogP contribution in [0.2, 0.25) is 0 Å². The number of thiazole rings is 1. The summed E-state index contributed by atoms with van der Waals surface area (Å²) < 4.78 is 5.47. The van der Waals surface area contributed by atoms with E-state index in [9.17, 15) is 4.79 Å². The highest BCUT2D eigenvalue weighted by molar-refractivity contribution is 7.14. The zero-order valence-corrected chi connectivity index (χ0v) is 16.5. The summed E-state index contributed by atoms with van der Waals surface area (Å²) in [6.07, 6.45) is 1.64. The Morgan fingerprint density at radius 3 is 2.42 bits per heavy atom. The quantitative estimate of drug-likeness (QED) is 0.623. The molecule has 1 aromatic carbocycles. The number of amides is 1. The van der Waals surface area contributed by atoms with Crippen LogP contribution in [0.1, 0.15) is 52.5 Å². The molecule has 2 aromatic heterocycles. The summed E-state index contributed by atoms with van der Waals surface area (Å²) in [5.41, 5.74) is 1.81. The summed E-state index contributed by atoms with van der Waals surface area (Å²) in [6.45, 7) is 9.22. The van der Waals surface area contributed by atoms with Gasteiger partial charge in [-0.3, -0.25) is 4.79 Å². The summed E-state index contributed by atoms with van der Waals surface area (Å²) in [6, 6.07) is 13.7. The van der Waals surface area contributed by atoms with Crippen LogP contribution in [0.5, 0.6) is 0 Å². The van der Waals surface area contributed by atoms with Gasteiger partial charge in [-0.15, -0.1) is 11.3 Å². The van der Waals surface area contributed by atoms with E-state index < -0.39 is 0 Å². The number of rotatable bonds is 5. The SMILES string of the molecule is Cc1nc(C(C)(C)C)sc1C(=O)N(Cc1ccccc1)Cc1ccco1. The van der Waals surface area contributed by atoms with Crippen LogP contribution in [0.4, 0.5) is 0 Å². The number of aromatic nitrogens is 1. The number of hydrogen-bond donors (Lipinski definition) is 0. The van der Waals surface area contributed by atoms with Crippen molar-refractivity contribution in [2.45, 2.75) is 46.2 Å². The van der Waals surface area contributed by atoms with E-state index in [1.807, 2.05) is 54.3 Å². The molecule has 26 heavy (non-hydrogen) atoms. The van der Waals surface area contributed by atoms with Crippen molar-refractivity contribution in [3.63, 3.8) is 0 Å². The third kappa shape index (κ3) is 4.22. The molecule has 0 N–H and O–H groups in total. The lowest BCUT2D eigenvalue weighted by Crippen LogP contribution is -2.29. The molecule has 0 aliphatic heterocycles. The van der Waals surface area contributed by atoms with Gasteiger partial charge in [-0.1, -0.05) is 51.1 Å². The lowest BCUT2D eigenvalue weighted by molar-refractivity contribution is 0.0721. The largest absolute Gasteiger partial charge is 0.467 e. The monoisotopic (exact) mass is 368 g/mol. The molecule has 1 amide bonds. The summed E-state index contributed by atoms with van der Waals surface area (Å²) in [4.78, 5) is 20.5. The maximum absolute atomic E-state index is 13.3. The van der Waals surface area contributed by atoms with Gasteiger partial charge in [-0.05, 0) is 24.6 Å². The van der Waals surface area contributed by atoms with Crippen LogP contribution in [-0.4, -0.2) is 15.8 Å². The number of nitrogens with zero attached hydrogens (tertiary/aromatic N) is 2.